The Bertz CT molecular complexity index is 486. The van der Waals surface area contributed by atoms with Gasteiger partial charge in [-0.3, -0.25) is 0 Å². The van der Waals surface area contributed by atoms with E-state index in [-0.39, 0.29) is 5.60 Å². The molecule has 0 bridgehead atoms. The maximum atomic E-state index is 6.30. The summed E-state index contributed by atoms with van der Waals surface area (Å²) in [6.07, 6.45) is 2.00. The van der Waals surface area contributed by atoms with E-state index in [0.717, 1.165) is 35.7 Å². The van der Waals surface area contributed by atoms with Gasteiger partial charge in [-0.05, 0) is 50.4 Å². The van der Waals surface area contributed by atoms with Crippen molar-refractivity contribution in [2.45, 2.75) is 59.1 Å². The van der Waals surface area contributed by atoms with Gasteiger partial charge in [0, 0.05) is 23.0 Å². The Labute approximate surface area is 127 Å². The second-order valence-corrected chi connectivity index (χ2v) is 7.01. The van der Waals surface area contributed by atoms with Crippen molar-refractivity contribution in [3.63, 3.8) is 0 Å². The van der Waals surface area contributed by atoms with Crippen molar-refractivity contribution in [3.05, 3.63) is 28.3 Å². The fraction of sp³-hybridized carbons (Fsp3) is 0.647. The highest BCUT2D eigenvalue weighted by molar-refractivity contribution is 6.31. The molecule has 1 heterocycles. The summed E-state index contributed by atoms with van der Waals surface area (Å²) in [5, 5.41) is 4.50. The lowest BCUT2D eigenvalue weighted by Crippen LogP contribution is -2.42. The SMILES string of the molecule is CCC1(C)CC(NCC(C)C)c2cc(Cl)c(C)cc2O1. The minimum atomic E-state index is -0.0953. The fourth-order valence-electron chi connectivity index (χ4n) is 2.66. The Morgan fingerprint density at radius 3 is 2.75 bits per heavy atom. The number of ether oxygens (including phenoxy) is 1. The first-order valence-electron chi connectivity index (χ1n) is 7.57. The van der Waals surface area contributed by atoms with Crippen LogP contribution in [-0.4, -0.2) is 12.1 Å². The van der Waals surface area contributed by atoms with E-state index in [4.69, 9.17) is 16.3 Å². The summed E-state index contributed by atoms with van der Waals surface area (Å²) < 4.78 is 6.24. The van der Waals surface area contributed by atoms with Gasteiger partial charge in [0.1, 0.15) is 11.4 Å². The van der Waals surface area contributed by atoms with Crippen molar-refractivity contribution >= 4 is 11.6 Å². The van der Waals surface area contributed by atoms with Crippen molar-refractivity contribution < 1.29 is 4.74 Å². The number of rotatable bonds is 4. The molecular weight excluding hydrogens is 270 g/mol. The Morgan fingerprint density at radius 1 is 1.45 bits per heavy atom. The molecule has 0 aromatic heterocycles. The maximum Gasteiger partial charge on any atom is 0.125 e. The summed E-state index contributed by atoms with van der Waals surface area (Å²) in [4.78, 5) is 0. The molecule has 1 aliphatic rings. The van der Waals surface area contributed by atoms with E-state index in [0.29, 0.717) is 12.0 Å². The van der Waals surface area contributed by atoms with Gasteiger partial charge in [0.2, 0.25) is 0 Å². The molecule has 1 aliphatic heterocycles. The second kappa shape index (κ2) is 5.95. The van der Waals surface area contributed by atoms with Crippen molar-refractivity contribution in [1.82, 2.24) is 5.32 Å². The molecule has 2 unspecified atom stereocenters. The van der Waals surface area contributed by atoms with Crippen molar-refractivity contribution in [3.8, 4) is 5.75 Å². The lowest BCUT2D eigenvalue weighted by Gasteiger charge is -2.40. The van der Waals surface area contributed by atoms with Crippen LogP contribution < -0.4 is 10.1 Å². The molecule has 0 saturated heterocycles. The van der Waals surface area contributed by atoms with Gasteiger partial charge in [-0.2, -0.15) is 0 Å². The minimum absolute atomic E-state index is 0.0953. The molecule has 112 valence electrons. The summed E-state index contributed by atoms with van der Waals surface area (Å²) in [7, 11) is 0. The van der Waals surface area contributed by atoms with Crippen LogP contribution in [0.4, 0.5) is 0 Å². The molecular formula is C17H26ClNO. The minimum Gasteiger partial charge on any atom is -0.487 e. The monoisotopic (exact) mass is 295 g/mol. The number of aryl methyl sites for hydroxylation is 1. The summed E-state index contributed by atoms with van der Waals surface area (Å²) in [6.45, 7) is 11.9. The third kappa shape index (κ3) is 3.29. The molecule has 1 aromatic carbocycles. The normalized spacial score (nSPS) is 25.4. The molecule has 20 heavy (non-hydrogen) atoms. The Kier molecular flexibility index (Phi) is 4.66. The van der Waals surface area contributed by atoms with E-state index in [1.54, 1.807) is 0 Å². The summed E-state index contributed by atoms with van der Waals surface area (Å²) >= 11 is 6.30. The molecule has 0 saturated carbocycles. The number of hydrogen-bond donors (Lipinski definition) is 1. The topological polar surface area (TPSA) is 21.3 Å². The van der Waals surface area contributed by atoms with Gasteiger partial charge in [0.05, 0.1) is 0 Å². The van der Waals surface area contributed by atoms with E-state index in [2.05, 4.69) is 45.1 Å². The standard InChI is InChI=1S/C17H26ClNO/c1-6-17(5)9-15(19-10-11(2)3)13-8-14(18)12(4)7-16(13)20-17/h7-8,11,15,19H,6,9-10H2,1-5H3. The largest absolute Gasteiger partial charge is 0.487 e. The van der Waals surface area contributed by atoms with Crippen LogP contribution in [0.1, 0.15) is 57.7 Å². The average Bonchev–Trinajstić information content (AvgIpc) is 2.38. The van der Waals surface area contributed by atoms with Crippen LogP contribution in [0, 0.1) is 12.8 Å². The molecule has 0 aliphatic carbocycles. The van der Waals surface area contributed by atoms with Gasteiger partial charge in [-0.15, -0.1) is 0 Å². The molecule has 2 nitrogen and oxygen atoms in total. The first-order chi connectivity index (χ1) is 9.34. The smallest absolute Gasteiger partial charge is 0.125 e. The highest BCUT2D eigenvalue weighted by Gasteiger charge is 2.36. The van der Waals surface area contributed by atoms with E-state index >= 15 is 0 Å². The van der Waals surface area contributed by atoms with Crippen LogP contribution in [0.2, 0.25) is 5.02 Å². The first-order valence-corrected chi connectivity index (χ1v) is 7.95. The number of hydrogen-bond acceptors (Lipinski definition) is 2. The quantitative estimate of drug-likeness (QED) is 0.854. The predicted molar refractivity (Wildman–Crippen MR) is 85.7 cm³/mol. The van der Waals surface area contributed by atoms with Crippen LogP contribution in [-0.2, 0) is 0 Å². The molecule has 2 rings (SSSR count). The third-order valence-electron chi connectivity index (χ3n) is 4.18. The summed E-state index contributed by atoms with van der Waals surface area (Å²) in [6, 6.07) is 4.47. The average molecular weight is 296 g/mol. The highest BCUT2D eigenvalue weighted by Crippen LogP contribution is 2.43. The van der Waals surface area contributed by atoms with Crippen LogP contribution in [0.15, 0.2) is 12.1 Å². The zero-order valence-corrected chi connectivity index (χ0v) is 14.0. The van der Waals surface area contributed by atoms with Crippen LogP contribution in [0.5, 0.6) is 5.75 Å². The maximum absolute atomic E-state index is 6.30. The predicted octanol–water partition coefficient (Wildman–Crippen LogP) is 4.89. The molecule has 0 spiro atoms. The lowest BCUT2D eigenvalue weighted by atomic mass is 9.86. The zero-order chi connectivity index (χ0) is 14.9. The van der Waals surface area contributed by atoms with Crippen molar-refractivity contribution in [2.75, 3.05) is 6.54 Å². The van der Waals surface area contributed by atoms with Crippen LogP contribution >= 0.6 is 11.6 Å². The van der Waals surface area contributed by atoms with Gasteiger partial charge >= 0.3 is 0 Å². The molecule has 0 radical (unpaired) electrons. The highest BCUT2D eigenvalue weighted by atomic mass is 35.5. The van der Waals surface area contributed by atoms with E-state index < -0.39 is 0 Å². The van der Waals surface area contributed by atoms with Crippen LogP contribution in [0.25, 0.3) is 0 Å². The lowest BCUT2D eigenvalue weighted by molar-refractivity contribution is 0.0437. The second-order valence-electron chi connectivity index (χ2n) is 6.60. The fourth-order valence-corrected chi connectivity index (χ4v) is 2.83. The molecule has 3 heteroatoms. The summed E-state index contributed by atoms with van der Waals surface area (Å²) in [5.74, 6) is 1.62. The van der Waals surface area contributed by atoms with Gasteiger partial charge < -0.3 is 10.1 Å². The number of fused-ring (bicyclic) bond motifs is 1. The Hall–Kier alpha value is -0.730. The van der Waals surface area contributed by atoms with E-state index in [9.17, 15) is 0 Å². The zero-order valence-electron chi connectivity index (χ0n) is 13.2. The Balaban J connectivity index is 2.35. The Morgan fingerprint density at radius 2 is 2.15 bits per heavy atom. The molecule has 1 aromatic rings. The van der Waals surface area contributed by atoms with Gasteiger partial charge in [-0.1, -0.05) is 32.4 Å². The van der Waals surface area contributed by atoms with Crippen molar-refractivity contribution in [1.29, 1.82) is 0 Å². The first kappa shape index (κ1) is 15.7. The van der Waals surface area contributed by atoms with Gasteiger partial charge in [-0.25, -0.2) is 0 Å². The van der Waals surface area contributed by atoms with Gasteiger partial charge in [0.25, 0.3) is 0 Å². The summed E-state index contributed by atoms with van der Waals surface area (Å²) in [5.41, 5.74) is 2.18. The molecule has 2 atom stereocenters. The number of nitrogens with one attached hydrogen (secondary N) is 1. The molecule has 0 fully saturated rings. The third-order valence-corrected chi connectivity index (χ3v) is 4.59. The number of benzene rings is 1. The van der Waals surface area contributed by atoms with Crippen LogP contribution in [0.3, 0.4) is 0 Å². The molecule has 0 amide bonds. The van der Waals surface area contributed by atoms with E-state index in [1.807, 2.05) is 6.92 Å². The molecule has 1 N–H and O–H groups in total. The number of halogens is 1. The van der Waals surface area contributed by atoms with E-state index in [1.165, 1.54) is 5.56 Å². The van der Waals surface area contributed by atoms with Crippen molar-refractivity contribution in [2.24, 2.45) is 5.92 Å². The van der Waals surface area contributed by atoms with Gasteiger partial charge in [0.15, 0.2) is 0 Å².